The van der Waals surface area contributed by atoms with Gasteiger partial charge < -0.3 is 24.8 Å². The maximum absolute atomic E-state index is 11.0. The molecule has 2 rings (SSSR count). The summed E-state index contributed by atoms with van der Waals surface area (Å²) >= 11 is 0. The summed E-state index contributed by atoms with van der Waals surface area (Å²) in [6.07, 6.45) is 44.4. The molecule has 2 N–H and O–H groups in total. The molecule has 2 aliphatic rings. The molecule has 0 amide bonds. The molecule has 0 aromatic carbocycles. The maximum Gasteiger partial charge on any atom is 1.00 e. The topological polar surface area (TPSA) is 119 Å². The Balaban J connectivity index is 0. The van der Waals surface area contributed by atoms with E-state index in [1.54, 1.807) is 0 Å². The Hall–Kier alpha value is -1.10. The van der Waals surface area contributed by atoms with E-state index in [2.05, 4.69) is 42.9 Å². The van der Waals surface area contributed by atoms with Crippen LogP contribution in [-0.2, 0) is 23.8 Å². The summed E-state index contributed by atoms with van der Waals surface area (Å²) in [6, 6.07) is 0. The number of carbonyl (C=O) groups excluding carboxylic acids is 1. The van der Waals surface area contributed by atoms with Crippen molar-refractivity contribution in [1.29, 1.82) is 0 Å². The molecule has 0 aromatic rings. The van der Waals surface area contributed by atoms with Gasteiger partial charge in [-0.05, 0) is 89.9 Å². The van der Waals surface area contributed by atoms with Gasteiger partial charge in [-0.15, -0.1) is 0 Å². The summed E-state index contributed by atoms with van der Waals surface area (Å²) < 4.78 is 15.7. The van der Waals surface area contributed by atoms with Gasteiger partial charge >= 0.3 is 30.8 Å². The second-order valence-corrected chi connectivity index (χ2v) is 13.8. The van der Waals surface area contributed by atoms with E-state index in [9.17, 15) is 9.59 Å². The number of carboxylic acid groups (broad SMARTS) is 1. The molecular weight excluding hydrogens is 611 g/mol. The summed E-state index contributed by atoms with van der Waals surface area (Å²) in [5, 5.41) is 8.54. The van der Waals surface area contributed by atoms with E-state index in [1.807, 2.05) is 0 Å². The number of esters is 1. The van der Waals surface area contributed by atoms with Gasteiger partial charge in [0.1, 0.15) is 0 Å². The monoisotopic (exact) mass is 687 g/mol. The van der Waals surface area contributed by atoms with Crippen LogP contribution >= 0.6 is 0 Å². The molecule has 0 radical (unpaired) electrons. The third kappa shape index (κ3) is 33.8. The molecular formula is C41H75LiO7. The van der Waals surface area contributed by atoms with Crippen LogP contribution in [0, 0.1) is 0 Å². The van der Waals surface area contributed by atoms with Crippen molar-refractivity contribution in [1.82, 2.24) is 0 Å². The summed E-state index contributed by atoms with van der Waals surface area (Å²) in [5.74, 6) is -0.740. The van der Waals surface area contributed by atoms with Crippen LogP contribution in [-0.4, -0.2) is 54.0 Å². The third-order valence-corrected chi connectivity index (χ3v) is 9.47. The van der Waals surface area contributed by atoms with Crippen molar-refractivity contribution < 1.29 is 53.2 Å². The van der Waals surface area contributed by atoms with Gasteiger partial charge in [0.2, 0.25) is 0 Å². The van der Waals surface area contributed by atoms with E-state index in [0.29, 0.717) is 37.3 Å². The van der Waals surface area contributed by atoms with Crippen molar-refractivity contribution in [3.05, 3.63) is 24.3 Å². The van der Waals surface area contributed by atoms with Gasteiger partial charge in [-0.3, -0.25) is 9.59 Å². The maximum atomic E-state index is 11.0. The van der Waals surface area contributed by atoms with Crippen molar-refractivity contribution >= 4 is 11.9 Å². The van der Waals surface area contributed by atoms with Gasteiger partial charge in [-0.25, -0.2) is 0 Å². The summed E-state index contributed by atoms with van der Waals surface area (Å²) in [4.78, 5) is 21.3. The van der Waals surface area contributed by atoms with Crippen molar-refractivity contribution in [2.45, 2.75) is 218 Å². The number of hydrogen-bond acceptors (Lipinski definition) is 6. The number of carboxylic acids is 1. The van der Waals surface area contributed by atoms with Crippen LogP contribution in [0.3, 0.4) is 0 Å². The van der Waals surface area contributed by atoms with Crippen LogP contribution in [0.15, 0.2) is 24.3 Å². The molecule has 2 saturated heterocycles. The fourth-order valence-corrected chi connectivity index (χ4v) is 6.21. The Labute approximate surface area is 313 Å². The molecule has 8 heteroatoms. The van der Waals surface area contributed by atoms with Crippen LogP contribution < -0.4 is 18.9 Å². The Morgan fingerprint density at radius 1 is 0.531 bits per heavy atom. The fourth-order valence-electron chi connectivity index (χ4n) is 6.21. The van der Waals surface area contributed by atoms with E-state index in [0.717, 1.165) is 25.7 Å². The Bertz CT molecular complexity index is 803. The third-order valence-electron chi connectivity index (χ3n) is 9.47. The molecule has 0 bridgehead atoms. The molecule has 4 unspecified atom stereocenters. The first-order chi connectivity index (χ1) is 23.0. The van der Waals surface area contributed by atoms with E-state index in [4.69, 9.17) is 14.6 Å². The molecule has 2 heterocycles. The average Bonchev–Trinajstić information content (AvgIpc) is 4.00. The largest absolute Gasteiger partial charge is 1.00 e. The van der Waals surface area contributed by atoms with Crippen molar-refractivity contribution in [2.75, 3.05) is 7.11 Å². The SMILES string of the molecule is CCC1OC1CCCC/C=C\CCCCCCCCCC(=O)O.CCC1OC1CCCC/C=C\CCCCCCCCCC(=O)OC.[Li+].[OH-]. The van der Waals surface area contributed by atoms with Gasteiger partial charge in [0.05, 0.1) is 31.5 Å². The summed E-state index contributed by atoms with van der Waals surface area (Å²) in [5.41, 5.74) is 0. The quantitative estimate of drug-likeness (QED) is 0.0247. The van der Waals surface area contributed by atoms with Crippen LogP contribution in [0.2, 0.25) is 0 Å². The number of carbonyl (C=O) groups is 2. The van der Waals surface area contributed by atoms with E-state index in [-0.39, 0.29) is 30.3 Å². The molecule has 0 saturated carbocycles. The van der Waals surface area contributed by atoms with Crippen LogP contribution in [0.1, 0.15) is 194 Å². The van der Waals surface area contributed by atoms with E-state index in [1.165, 1.54) is 148 Å². The Morgan fingerprint density at radius 2 is 0.857 bits per heavy atom. The second kappa shape index (κ2) is 36.7. The van der Waals surface area contributed by atoms with E-state index >= 15 is 0 Å². The molecule has 49 heavy (non-hydrogen) atoms. The number of allylic oxidation sites excluding steroid dienone is 4. The first-order valence-electron chi connectivity index (χ1n) is 19.9. The predicted molar refractivity (Wildman–Crippen MR) is 198 cm³/mol. The minimum atomic E-state index is -0.664. The smallest absolute Gasteiger partial charge is 0.870 e. The first kappa shape index (κ1) is 50.0. The van der Waals surface area contributed by atoms with Crippen molar-refractivity contribution in [3.63, 3.8) is 0 Å². The number of aliphatic carboxylic acids is 1. The number of ether oxygens (including phenoxy) is 3. The summed E-state index contributed by atoms with van der Waals surface area (Å²) in [7, 11) is 1.46. The molecule has 0 aliphatic carbocycles. The Kier molecular flexibility index (Phi) is 37.4. The number of epoxide rings is 2. The zero-order valence-electron chi connectivity index (χ0n) is 32.4. The molecule has 0 aromatic heterocycles. The molecule has 0 spiro atoms. The van der Waals surface area contributed by atoms with Gasteiger partial charge in [0, 0.05) is 12.8 Å². The molecule has 2 aliphatic heterocycles. The number of hydrogen-bond donors (Lipinski definition) is 1. The van der Waals surface area contributed by atoms with Gasteiger partial charge in [-0.2, -0.15) is 0 Å². The van der Waals surface area contributed by atoms with Crippen LogP contribution in [0.4, 0.5) is 0 Å². The second-order valence-electron chi connectivity index (χ2n) is 13.8. The fraction of sp³-hybridized carbons (Fsp3) is 0.854. The zero-order valence-corrected chi connectivity index (χ0v) is 32.4. The number of methoxy groups -OCH3 is 1. The van der Waals surface area contributed by atoms with Gasteiger partial charge in [0.15, 0.2) is 0 Å². The predicted octanol–water partition coefficient (Wildman–Crippen LogP) is 8.67. The first-order valence-corrected chi connectivity index (χ1v) is 19.9. The molecule has 2 fully saturated rings. The zero-order chi connectivity index (χ0) is 34.2. The molecule has 282 valence electrons. The minimum Gasteiger partial charge on any atom is -0.870 e. The van der Waals surface area contributed by atoms with Crippen molar-refractivity contribution in [3.8, 4) is 0 Å². The molecule has 4 atom stereocenters. The average molecular weight is 687 g/mol. The van der Waals surface area contributed by atoms with Gasteiger partial charge in [-0.1, -0.05) is 115 Å². The number of rotatable bonds is 32. The standard InChI is InChI=1S/C21H38O3.C20H36O3.Li.H2O/c1-3-19-20(24-19)17-15-13-11-9-7-5-4-6-8-10-12-14-16-18-21(22)23-2;1-2-18-19(23-18)16-14-12-10-8-6-4-3-5-7-9-11-13-15-17-20(21)22;;/h7,9,19-20H,3-6,8,10-18H2,1-2H3;6,8,18-19H,2-5,7,9-17H2,1H3,(H,21,22);;1H2/q;;+1;/p-1/b9-7-;8-6-;;. The van der Waals surface area contributed by atoms with Crippen LogP contribution in [0.25, 0.3) is 0 Å². The Morgan fingerprint density at radius 3 is 1.18 bits per heavy atom. The summed E-state index contributed by atoms with van der Waals surface area (Å²) in [6.45, 7) is 4.41. The minimum absolute atomic E-state index is 0. The molecule has 7 nitrogen and oxygen atoms in total. The van der Waals surface area contributed by atoms with E-state index < -0.39 is 5.97 Å². The number of unbranched alkanes of at least 4 members (excludes halogenated alkanes) is 18. The van der Waals surface area contributed by atoms with Crippen molar-refractivity contribution in [2.24, 2.45) is 0 Å². The normalized spacial score (nSPS) is 19.2. The van der Waals surface area contributed by atoms with Crippen LogP contribution in [0.5, 0.6) is 0 Å². The van der Waals surface area contributed by atoms with Gasteiger partial charge in [0.25, 0.3) is 0 Å².